The third-order valence-corrected chi connectivity index (χ3v) is 4.60. The molecule has 3 rings (SSSR count). The van der Waals surface area contributed by atoms with E-state index >= 15 is 0 Å². The minimum absolute atomic E-state index is 0.487. The van der Waals surface area contributed by atoms with Crippen molar-refractivity contribution in [2.75, 3.05) is 6.54 Å². The number of hydrogen-bond donors (Lipinski definition) is 1. The van der Waals surface area contributed by atoms with E-state index in [1.807, 2.05) is 6.07 Å². The maximum atomic E-state index is 5.43. The summed E-state index contributed by atoms with van der Waals surface area (Å²) in [5, 5.41) is 3.78. The second kappa shape index (κ2) is 7.46. The fourth-order valence-corrected chi connectivity index (χ4v) is 3.49. The van der Waals surface area contributed by atoms with E-state index in [9.17, 15) is 0 Å². The molecule has 0 spiro atoms. The topological polar surface area (TPSA) is 25.2 Å². The normalized spacial score (nSPS) is 17.7. The molecule has 0 amide bonds. The lowest BCUT2D eigenvalue weighted by molar-refractivity contribution is 0.271. The summed E-state index contributed by atoms with van der Waals surface area (Å²) in [7, 11) is 0. The van der Waals surface area contributed by atoms with E-state index in [0.29, 0.717) is 6.04 Å². The third kappa shape index (κ3) is 3.98. The molecular weight excluding hydrogens is 258 g/mol. The Kier molecular flexibility index (Phi) is 5.12. The Labute approximate surface area is 127 Å². The molecule has 0 bridgehead atoms. The van der Waals surface area contributed by atoms with Gasteiger partial charge in [-0.1, -0.05) is 49.6 Å². The van der Waals surface area contributed by atoms with Crippen molar-refractivity contribution >= 4 is 0 Å². The summed E-state index contributed by atoms with van der Waals surface area (Å²) in [6.45, 7) is 0.976. The van der Waals surface area contributed by atoms with Gasteiger partial charge in [-0.2, -0.15) is 0 Å². The van der Waals surface area contributed by atoms with Gasteiger partial charge in [0.1, 0.15) is 5.76 Å². The van der Waals surface area contributed by atoms with Crippen molar-refractivity contribution in [3.63, 3.8) is 0 Å². The average molecular weight is 283 g/mol. The van der Waals surface area contributed by atoms with Gasteiger partial charge in [-0.15, -0.1) is 0 Å². The quantitative estimate of drug-likeness (QED) is 0.829. The van der Waals surface area contributed by atoms with Gasteiger partial charge < -0.3 is 9.73 Å². The summed E-state index contributed by atoms with van der Waals surface area (Å²) in [5.41, 5.74) is 1.43. The van der Waals surface area contributed by atoms with Crippen molar-refractivity contribution in [1.82, 2.24) is 5.32 Å². The zero-order valence-electron chi connectivity index (χ0n) is 12.6. The van der Waals surface area contributed by atoms with Gasteiger partial charge in [-0.3, -0.25) is 0 Å². The highest BCUT2D eigenvalue weighted by Crippen LogP contribution is 2.34. The van der Waals surface area contributed by atoms with Crippen molar-refractivity contribution < 1.29 is 4.42 Å². The Morgan fingerprint density at radius 1 is 1.00 bits per heavy atom. The van der Waals surface area contributed by atoms with Gasteiger partial charge in [0.25, 0.3) is 0 Å². The highest BCUT2D eigenvalue weighted by Gasteiger charge is 2.24. The van der Waals surface area contributed by atoms with Crippen LogP contribution in [0.3, 0.4) is 0 Å². The molecule has 1 aromatic heterocycles. The molecule has 0 radical (unpaired) electrons. The van der Waals surface area contributed by atoms with E-state index in [1.54, 1.807) is 6.26 Å². The van der Waals surface area contributed by atoms with Crippen molar-refractivity contribution in [1.29, 1.82) is 0 Å². The summed E-state index contributed by atoms with van der Waals surface area (Å²) >= 11 is 0. The van der Waals surface area contributed by atoms with Crippen LogP contribution in [0.25, 0.3) is 0 Å². The van der Waals surface area contributed by atoms with Crippen LogP contribution >= 0.6 is 0 Å². The van der Waals surface area contributed by atoms with Gasteiger partial charge in [-0.05, 0) is 36.5 Å². The van der Waals surface area contributed by atoms with Crippen LogP contribution in [0.2, 0.25) is 0 Å². The lowest BCUT2D eigenvalue weighted by Gasteiger charge is -2.31. The maximum Gasteiger partial charge on any atom is 0.105 e. The molecule has 21 heavy (non-hydrogen) atoms. The highest BCUT2D eigenvalue weighted by atomic mass is 16.3. The van der Waals surface area contributed by atoms with E-state index in [2.05, 4.69) is 41.7 Å². The minimum Gasteiger partial charge on any atom is -0.469 e. The summed E-state index contributed by atoms with van der Waals surface area (Å²) in [5.74, 6) is 1.84. The first-order chi connectivity index (χ1) is 10.4. The van der Waals surface area contributed by atoms with Crippen LogP contribution in [0, 0.1) is 5.92 Å². The van der Waals surface area contributed by atoms with E-state index in [0.717, 1.165) is 24.6 Å². The Morgan fingerprint density at radius 2 is 1.81 bits per heavy atom. The van der Waals surface area contributed by atoms with Gasteiger partial charge in [0.15, 0.2) is 0 Å². The number of furan rings is 1. The first-order valence-electron chi connectivity index (χ1n) is 8.24. The number of benzene rings is 1. The Balaban J connectivity index is 1.63. The lowest BCUT2D eigenvalue weighted by Crippen LogP contribution is -2.31. The zero-order chi connectivity index (χ0) is 14.3. The fourth-order valence-electron chi connectivity index (χ4n) is 3.49. The van der Waals surface area contributed by atoms with Crippen molar-refractivity contribution in [2.45, 2.75) is 44.6 Å². The van der Waals surface area contributed by atoms with E-state index < -0.39 is 0 Å². The molecule has 1 heterocycles. The molecule has 2 heteroatoms. The monoisotopic (exact) mass is 283 g/mol. The van der Waals surface area contributed by atoms with Gasteiger partial charge in [0.2, 0.25) is 0 Å². The van der Waals surface area contributed by atoms with Gasteiger partial charge in [0.05, 0.1) is 6.26 Å². The lowest BCUT2D eigenvalue weighted by atomic mass is 9.81. The van der Waals surface area contributed by atoms with Crippen LogP contribution in [-0.4, -0.2) is 6.54 Å². The Morgan fingerprint density at radius 3 is 2.52 bits per heavy atom. The van der Waals surface area contributed by atoms with Crippen LogP contribution in [0.4, 0.5) is 0 Å². The van der Waals surface area contributed by atoms with Gasteiger partial charge >= 0.3 is 0 Å². The fraction of sp³-hybridized carbons (Fsp3) is 0.474. The molecule has 1 atom stereocenters. The van der Waals surface area contributed by atoms with Crippen molar-refractivity contribution in [2.24, 2.45) is 5.92 Å². The summed E-state index contributed by atoms with van der Waals surface area (Å²) < 4.78 is 5.43. The Hall–Kier alpha value is -1.54. The van der Waals surface area contributed by atoms with Crippen molar-refractivity contribution in [3.8, 4) is 0 Å². The average Bonchev–Trinajstić information content (AvgIpc) is 3.07. The molecule has 1 aliphatic rings. The molecule has 1 aromatic carbocycles. The van der Waals surface area contributed by atoms with Crippen LogP contribution in [0.15, 0.2) is 53.1 Å². The molecule has 1 aliphatic carbocycles. The van der Waals surface area contributed by atoms with Gasteiger partial charge in [-0.25, -0.2) is 0 Å². The van der Waals surface area contributed by atoms with E-state index in [4.69, 9.17) is 4.42 Å². The summed E-state index contributed by atoms with van der Waals surface area (Å²) in [6, 6.07) is 15.4. The number of rotatable bonds is 6. The molecular formula is C19H25NO. The van der Waals surface area contributed by atoms with Crippen LogP contribution < -0.4 is 5.32 Å². The zero-order valence-corrected chi connectivity index (χ0v) is 12.6. The minimum atomic E-state index is 0.487. The van der Waals surface area contributed by atoms with Gasteiger partial charge in [0, 0.05) is 19.0 Å². The molecule has 1 saturated carbocycles. The first kappa shape index (κ1) is 14.4. The number of nitrogens with one attached hydrogen (secondary N) is 1. The largest absolute Gasteiger partial charge is 0.469 e. The standard InChI is InChI=1S/C19H25NO/c1-3-8-16(9-4-1)19(17-10-5-2-6-11-17)20-14-13-18-12-7-15-21-18/h1,3-4,7-9,12,15,17,19-20H,2,5-6,10-11,13-14H2. The number of hydrogen-bond acceptors (Lipinski definition) is 2. The highest BCUT2D eigenvalue weighted by molar-refractivity contribution is 5.20. The predicted molar refractivity (Wildman–Crippen MR) is 86.2 cm³/mol. The molecule has 1 fully saturated rings. The van der Waals surface area contributed by atoms with Crippen molar-refractivity contribution in [3.05, 3.63) is 60.1 Å². The SMILES string of the molecule is c1ccc(C(NCCc2ccco2)C2CCCCC2)cc1. The summed E-state index contributed by atoms with van der Waals surface area (Å²) in [6.07, 6.45) is 9.60. The van der Waals surface area contributed by atoms with Crippen LogP contribution in [0.1, 0.15) is 49.5 Å². The first-order valence-corrected chi connectivity index (χ1v) is 8.24. The molecule has 0 saturated heterocycles. The maximum absolute atomic E-state index is 5.43. The second-order valence-electron chi connectivity index (χ2n) is 6.07. The molecule has 2 nitrogen and oxygen atoms in total. The Bertz CT molecular complexity index is 500. The molecule has 0 aliphatic heterocycles. The smallest absolute Gasteiger partial charge is 0.105 e. The van der Waals surface area contributed by atoms with E-state index in [-0.39, 0.29) is 0 Å². The van der Waals surface area contributed by atoms with Crippen LogP contribution in [0.5, 0.6) is 0 Å². The molecule has 1 unspecified atom stereocenters. The molecule has 1 N–H and O–H groups in total. The van der Waals surface area contributed by atoms with Crippen LogP contribution in [-0.2, 0) is 6.42 Å². The predicted octanol–water partition coefficient (Wildman–Crippen LogP) is 4.73. The second-order valence-corrected chi connectivity index (χ2v) is 6.07. The third-order valence-electron chi connectivity index (χ3n) is 4.60. The molecule has 112 valence electrons. The summed E-state index contributed by atoms with van der Waals surface area (Å²) in [4.78, 5) is 0. The molecule has 2 aromatic rings. The van der Waals surface area contributed by atoms with E-state index in [1.165, 1.54) is 37.7 Å².